The van der Waals surface area contributed by atoms with Gasteiger partial charge in [0, 0.05) is 12.1 Å². The van der Waals surface area contributed by atoms with Gasteiger partial charge in [-0.3, -0.25) is 0 Å². The zero-order valence-electron chi connectivity index (χ0n) is 15.2. The highest BCUT2D eigenvalue weighted by molar-refractivity contribution is 7.89. The van der Waals surface area contributed by atoms with Crippen LogP contribution >= 0.6 is 0 Å². The van der Waals surface area contributed by atoms with Gasteiger partial charge in [0.1, 0.15) is 16.4 Å². The molecule has 1 unspecified atom stereocenters. The average Bonchev–Trinajstić information content (AvgIpc) is 2.60. The maximum Gasteiger partial charge on any atom is 0.244 e. The molecule has 2 aromatic rings. The van der Waals surface area contributed by atoms with E-state index in [4.69, 9.17) is 9.47 Å². The summed E-state index contributed by atoms with van der Waals surface area (Å²) in [5.74, 6) is 1.21. The number of nitrogens with one attached hydrogen (secondary N) is 1. The standard InChI is InChI=1S/C19H25NO4S/c1-13(2)15-6-8-16(9-7-15)14(3)20-25(21,22)19-11-10-17(23-4)12-18(19)24-5/h6-14,20H,1-5H3. The number of rotatable bonds is 7. The van der Waals surface area contributed by atoms with Crippen LogP contribution in [0.5, 0.6) is 11.5 Å². The fraction of sp³-hybridized carbons (Fsp3) is 0.368. The van der Waals surface area contributed by atoms with Crippen LogP contribution in [0.1, 0.15) is 43.9 Å². The predicted molar refractivity (Wildman–Crippen MR) is 98.8 cm³/mol. The summed E-state index contributed by atoms with van der Waals surface area (Å²) in [6, 6.07) is 12.2. The minimum absolute atomic E-state index is 0.0847. The van der Waals surface area contributed by atoms with Crippen molar-refractivity contribution < 1.29 is 17.9 Å². The molecular formula is C19H25NO4S. The van der Waals surface area contributed by atoms with Crippen LogP contribution in [-0.4, -0.2) is 22.6 Å². The summed E-state index contributed by atoms with van der Waals surface area (Å²) in [5, 5.41) is 0. The van der Waals surface area contributed by atoms with Crippen molar-refractivity contribution in [1.82, 2.24) is 4.72 Å². The molecule has 136 valence electrons. The zero-order valence-corrected chi connectivity index (χ0v) is 16.1. The second kappa shape index (κ2) is 7.89. The summed E-state index contributed by atoms with van der Waals surface area (Å²) in [4.78, 5) is 0.0847. The highest BCUT2D eigenvalue weighted by Gasteiger charge is 2.23. The van der Waals surface area contributed by atoms with E-state index in [9.17, 15) is 8.42 Å². The zero-order chi connectivity index (χ0) is 18.6. The second-order valence-electron chi connectivity index (χ2n) is 6.18. The molecule has 5 nitrogen and oxygen atoms in total. The average molecular weight is 363 g/mol. The molecule has 25 heavy (non-hydrogen) atoms. The third-order valence-electron chi connectivity index (χ3n) is 4.10. The van der Waals surface area contributed by atoms with Gasteiger partial charge in [0.2, 0.25) is 10.0 Å². The summed E-state index contributed by atoms with van der Waals surface area (Å²) in [6.45, 7) is 6.06. The summed E-state index contributed by atoms with van der Waals surface area (Å²) < 4.78 is 38.5. The molecule has 1 N–H and O–H groups in total. The number of sulfonamides is 1. The summed E-state index contributed by atoms with van der Waals surface area (Å²) >= 11 is 0. The normalized spacial score (nSPS) is 12.9. The molecule has 0 amide bonds. The fourth-order valence-corrected chi connectivity index (χ4v) is 3.91. The minimum atomic E-state index is -3.73. The van der Waals surface area contributed by atoms with Gasteiger partial charge in [-0.05, 0) is 36.1 Å². The van der Waals surface area contributed by atoms with Crippen molar-refractivity contribution in [3.63, 3.8) is 0 Å². The molecule has 2 rings (SSSR count). The molecule has 0 aliphatic rings. The van der Waals surface area contributed by atoms with Gasteiger partial charge in [-0.15, -0.1) is 0 Å². The Morgan fingerprint density at radius 3 is 2.00 bits per heavy atom. The van der Waals surface area contributed by atoms with E-state index in [0.717, 1.165) is 5.56 Å². The number of ether oxygens (including phenoxy) is 2. The Labute approximate surface area is 150 Å². The Bertz CT molecular complexity index is 814. The molecule has 1 atom stereocenters. The van der Waals surface area contributed by atoms with Gasteiger partial charge in [-0.25, -0.2) is 13.1 Å². The largest absolute Gasteiger partial charge is 0.497 e. The van der Waals surface area contributed by atoms with Crippen LogP contribution in [0.15, 0.2) is 47.4 Å². The SMILES string of the molecule is COc1ccc(S(=O)(=O)NC(C)c2ccc(C(C)C)cc2)c(OC)c1. The van der Waals surface area contributed by atoms with E-state index in [2.05, 4.69) is 18.6 Å². The molecule has 0 heterocycles. The molecule has 0 aliphatic carbocycles. The lowest BCUT2D eigenvalue weighted by Gasteiger charge is -2.17. The van der Waals surface area contributed by atoms with Crippen LogP contribution in [0.25, 0.3) is 0 Å². The molecule has 0 aromatic heterocycles. The third kappa shape index (κ3) is 4.52. The van der Waals surface area contributed by atoms with E-state index in [-0.39, 0.29) is 16.7 Å². The first kappa shape index (κ1) is 19.3. The molecule has 0 radical (unpaired) electrons. The lowest BCUT2D eigenvalue weighted by molar-refractivity contribution is 0.385. The molecule has 2 aromatic carbocycles. The van der Waals surface area contributed by atoms with Crippen LogP contribution in [0.4, 0.5) is 0 Å². The smallest absolute Gasteiger partial charge is 0.244 e. The van der Waals surface area contributed by atoms with Gasteiger partial charge in [0.05, 0.1) is 14.2 Å². The van der Waals surface area contributed by atoms with Crippen LogP contribution in [-0.2, 0) is 10.0 Å². The third-order valence-corrected chi connectivity index (χ3v) is 5.68. The quantitative estimate of drug-likeness (QED) is 0.811. The van der Waals surface area contributed by atoms with Crippen molar-refractivity contribution >= 4 is 10.0 Å². The highest BCUT2D eigenvalue weighted by atomic mass is 32.2. The number of hydrogen-bond donors (Lipinski definition) is 1. The van der Waals surface area contributed by atoms with Gasteiger partial charge in [-0.1, -0.05) is 38.1 Å². The van der Waals surface area contributed by atoms with Crippen molar-refractivity contribution in [1.29, 1.82) is 0 Å². The summed E-state index contributed by atoms with van der Waals surface area (Å²) in [5.41, 5.74) is 2.12. The number of hydrogen-bond acceptors (Lipinski definition) is 4. The van der Waals surface area contributed by atoms with Crippen LogP contribution in [0.3, 0.4) is 0 Å². The Hall–Kier alpha value is -2.05. The lowest BCUT2D eigenvalue weighted by Crippen LogP contribution is -2.27. The van der Waals surface area contributed by atoms with Crippen molar-refractivity contribution in [2.24, 2.45) is 0 Å². The molecule has 6 heteroatoms. The molecule has 0 bridgehead atoms. The molecule has 0 fully saturated rings. The van der Waals surface area contributed by atoms with Crippen LogP contribution in [0, 0.1) is 0 Å². The topological polar surface area (TPSA) is 64.6 Å². The van der Waals surface area contributed by atoms with E-state index in [0.29, 0.717) is 11.7 Å². The van der Waals surface area contributed by atoms with Gasteiger partial charge in [-0.2, -0.15) is 0 Å². The van der Waals surface area contributed by atoms with Crippen LogP contribution in [0.2, 0.25) is 0 Å². The Morgan fingerprint density at radius 2 is 1.48 bits per heavy atom. The number of benzene rings is 2. The summed E-state index contributed by atoms with van der Waals surface area (Å²) in [7, 11) is -0.782. The minimum Gasteiger partial charge on any atom is -0.497 e. The Morgan fingerprint density at radius 1 is 0.880 bits per heavy atom. The number of methoxy groups -OCH3 is 2. The van der Waals surface area contributed by atoms with Crippen molar-refractivity contribution in [2.75, 3.05) is 14.2 Å². The van der Waals surface area contributed by atoms with Crippen molar-refractivity contribution in [3.8, 4) is 11.5 Å². The lowest BCUT2D eigenvalue weighted by atomic mass is 10.00. The highest BCUT2D eigenvalue weighted by Crippen LogP contribution is 2.29. The molecule has 0 saturated carbocycles. The van der Waals surface area contributed by atoms with Gasteiger partial charge >= 0.3 is 0 Å². The molecule has 0 spiro atoms. The van der Waals surface area contributed by atoms with Gasteiger partial charge in [0.25, 0.3) is 0 Å². The first-order chi connectivity index (χ1) is 11.8. The Balaban J connectivity index is 2.25. The second-order valence-corrected chi connectivity index (χ2v) is 7.86. The van der Waals surface area contributed by atoms with Gasteiger partial charge in [0.15, 0.2) is 0 Å². The van der Waals surface area contributed by atoms with Crippen LogP contribution < -0.4 is 14.2 Å². The monoisotopic (exact) mass is 363 g/mol. The fourth-order valence-electron chi connectivity index (χ4n) is 2.53. The van der Waals surface area contributed by atoms with E-state index < -0.39 is 10.0 Å². The maximum absolute atomic E-state index is 12.7. The Kier molecular flexibility index (Phi) is 6.08. The maximum atomic E-state index is 12.7. The molecule has 0 saturated heterocycles. The van der Waals surface area contributed by atoms with E-state index >= 15 is 0 Å². The van der Waals surface area contributed by atoms with E-state index in [1.54, 1.807) is 12.1 Å². The van der Waals surface area contributed by atoms with Crippen molar-refractivity contribution in [2.45, 2.75) is 37.6 Å². The molecule has 0 aliphatic heterocycles. The summed E-state index contributed by atoms with van der Waals surface area (Å²) in [6.07, 6.45) is 0. The molecular weight excluding hydrogens is 338 g/mol. The predicted octanol–water partition coefficient (Wildman–Crippen LogP) is 3.87. The first-order valence-corrected chi connectivity index (χ1v) is 9.61. The van der Waals surface area contributed by atoms with Crippen molar-refractivity contribution in [3.05, 3.63) is 53.6 Å². The van der Waals surface area contributed by atoms with E-state index in [1.807, 2.05) is 31.2 Å². The van der Waals surface area contributed by atoms with Gasteiger partial charge < -0.3 is 9.47 Å². The first-order valence-electron chi connectivity index (χ1n) is 8.12. The van der Waals surface area contributed by atoms with E-state index in [1.165, 1.54) is 25.8 Å².